The Labute approximate surface area is 169 Å². The van der Waals surface area contributed by atoms with Gasteiger partial charge in [-0.1, -0.05) is 71.6 Å². The number of primary amides is 1. The quantitative estimate of drug-likeness (QED) is 0.210. The van der Waals surface area contributed by atoms with Gasteiger partial charge in [-0.2, -0.15) is 5.10 Å². The van der Waals surface area contributed by atoms with Crippen LogP contribution in [-0.4, -0.2) is 23.5 Å². The van der Waals surface area contributed by atoms with Crippen LogP contribution in [0.25, 0.3) is 0 Å². The highest BCUT2D eigenvalue weighted by molar-refractivity contribution is 6.03. The summed E-state index contributed by atoms with van der Waals surface area (Å²) in [6.45, 7) is 4.78. The molecule has 1 aromatic carbocycles. The van der Waals surface area contributed by atoms with E-state index in [1.165, 1.54) is 57.8 Å². The average Bonchev–Trinajstić information content (AvgIpc) is 2.67. The number of ether oxygens (including phenoxy) is 1. The second kappa shape index (κ2) is 14.8. The molecule has 0 saturated carbocycles. The molecule has 0 aliphatic heterocycles. The monoisotopic (exact) mass is 391 g/mol. The third-order valence-electron chi connectivity index (χ3n) is 4.68. The van der Waals surface area contributed by atoms with E-state index in [0.29, 0.717) is 30.1 Å². The van der Waals surface area contributed by atoms with E-state index in [1.807, 2.05) is 6.92 Å². The number of nitrogens with zero attached hydrogens (tertiary/aromatic N) is 1. The first-order valence-electron chi connectivity index (χ1n) is 10.7. The molecule has 0 unspecified atom stereocenters. The van der Waals surface area contributed by atoms with Gasteiger partial charge < -0.3 is 15.6 Å². The van der Waals surface area contributed by atoms with Crippen LogP contribution in [0, 0.1) is 0 Å². The standard InChI is InChI=1S/C22H37N3O3/c1-3-5-6-7-8-9-10-11-12-13-16-28-18-14-15-19(21(26)17-18)20(4-2)24-25-22(23)27/h14-15,17,26H,3-13,16H2,1-2H3,(H3,23,25,27)/b24-20+. The number of unbranched alkanes of at least 4 members (excludes halogenated alkanes) is 9. The van der Waals surface area contributed by atoms with Crippen LogP contribution in [0.5, 0.6) is 11.5 Å². The summed E-state index contributed by atoms with van der Waals surface area (Å²) in [6, 6.07) is 4.40. The number of hydrogen-bond acceptors (Lipinski definition) is 4. The first kappa shape index (κ1) is 23.8. The molecule has 1 aromatic rings. The van der Waals surface area contributed by atoms with E-state index in [1.54, 1.807) is 18.2 Å². The fraction of sp³-hybridized carbons (Fsp3) is 0.636. The van der Waals surface area contributed by atoms with Gasteiger partial charge in [-0.25, -0.2) is 10.2 Å². The molecular weight excluding hydrogens is 354 g/mol. The van der Waals surface area contributed by atoms with E-state index >= 15 is 0 Å². The molecule has 0 fully saturated rings. The van der Waals surface area contributed by atoms with Gasteiger partial charge in [-0.05, 0) is 25.0 Å². The van der Waals surface area contributed by atoms with Crippen LogP contribution in [0.15, 0.2) is 23.3 Å². The van der Waals surface area contributed by atoms with Crippen LogP contribution in [-0.2, 0) is 0 Å². The lowest BCUT2D eigenvalue weighted by Crippen LogP contribution is -2.25. The van der Waals surface area contributed by atoms with Gasteiger partial charge in [-0.15, -0.1) is 0 Å². The van der Waals surface area contributed by atoms with Crippen LogP contribution in [0.1, 0.15) is 90.0 Å². The second-order valence-corrected chi connectivity index (χ2v) is 7.10. The Morgan fingerprint density at radius 1 is 1.04 bits per heavy atom. The number of amides is 2. The maximum Gasteiger partial charge on any atom is 0.332 e. The van der Waals surface area contributed by atoms with Gasteiger partial charge in [0, 0.05) is 11.6 Å². The summed E-state index contributed by atoms with van der Waals surface area (Å²) in [5.74, 6) is 0.711. The van der Waals surface area contributed by atoms with Crippen molar-refractivity contribution in [2.75, 3.05) is 6.61 Å². The number of nitrogens with two attached hydrogens (primary N) is 1. The van der Waals surface area contributed by atoms with Gasteiger partial charge in [0.15, 0.2) is 0 Å². The van der Waals surface area contributed by atoms with Crippen molar-refractivity contribution in [3.63, 3.8) is 0 Å². The van der Waals surface area contributed by atoms with Crippen molar-refractivity contribution in [1.82, 2.24) is 5.43 Å². The Bertz CT molecular complexity index is 603. The van der Waals surface area contributed by atoms with Crippen molar-refractivity contribution in [3.05, 3.63) is 23.8 Å². The van der Waals surface area contributed by atoms with Crippen molar-refractivity contribution in [2.24, 2.45) is 10.8 Å². The third kappa shape index (κ3) is 10.2. The molecule has 0 atom stereocenters. The fourth-order valence-corrected chi connectivity index (χ4v) is 3.08. The lowest BCUT2D eigenvalue weighted by molar-refractivity contribution is 0.249. The Hall–Kier alpha value is -2.24. The molecule has 2 amide bonds. The Morgan fingerprint density at radius 2 is 1.64 bits per heavy atom. The minimum atomic E-state index is -0.734. The highest BCUT2D eigenvalue weighted by Crippen LogP contribution is 2.25. The normalized spacial score (nSPS) is 11.4. The molecule has 6 nitrogen and oxygen atoms in total. The van der Waals surface area contributed by atoms with Gasteiger partial charge >= 0.3 is 6.03 Å². The van der Waals surface area contributed by atoms with Gasteiger partial charge in [0.25, 0.3) is 0 Å². The minimum Gasteiger partial charge on any atom is -0.507 e. The minimum absolute atomic E-state index is 0.0763. The molecule has 0 heterocycles. The number of carbonyl (C=O) groups excluding carboxylic acids is 1. The molecule has 0 aliphatic carbocycles. The molecule has 6 heteroatoms. The summed E-state index contributed by atoms with van der Waals surface area (Å²) in [4.78, 5) is 10.8. The van der Waals surface area contributed by atoms with E-state index in [0.717, 1.165) is 6.42 Å². The molecule has 0 radical (unpaired) electrons. The molecule has 0 saturated heterocycles. The van der Waals surface area contributed by atoms with Crippen LogP contribution < -0.4 is 15.9 Å². The van der Waals surface area contributed by atoms with Crippen LogP contribution in [0.4, 0.5) is 4.79 Å². The van der Waals surface area contributed by atoms with Gasteiger partial charge in [0.2, 0.25) is 0 Å². The summed E-state index contributed by atoms with van der Waals surface area (Å²) >= 11 is 0. The van der Waals surface area contributed by atoms with Gasteiger partial charge in [0.1, 0.15) is 11.5 Å². The van der Waals surface area contributed by atoms with Crippen LogP contribution in [0.3, 0.4) is 0 Å². The lowest BCUT2D eigenvalue weighted by Gasteiger charge is -2.10. The molecule has 158 valence electrons. The number of phenolic OH excluding ortho intramolecular Hbond substituents is 1. The summed E-state index contributed by atoms with van der Waals surface area (Å²) < 4.78 is 5.74. The topological polar surface area (TPSA) is 96.9 Å². The summed E-state index contributed by atoms with van der Waals surface area (Å²) in [5, 5.41) is 14.2. The molecule has 0 spiro atoms. The summed E-state index contributed by atoms with van der Waals surface area (Å²) in [5.41, 5.74) is 8.33. The molecule has 1 rings (SSSR count). The number of hydrogen-bond donors (Lipinski definition) is 3. The van der Waals surface area contributed by atoms with Crippen LogP contribution in [0.2, 0.25) is 0 Å². The zero-order valence-corrected chi connectivity index (χ0v) is 17.5. The number of urea groups is 1. The summed E-state index contributed by atoms with van der Waals surface area (Å²) in [6.07, 6.45) is 13.4. The third-order valence-corrected chi connectivity index (χ3v) is 4.68. The second-order valence-electron chi connectivity index (χ2n) is 7.10. The van der Waals surface area contributed by atoms with E-state index in [4.69, 9.17) is 10.5 Å². The number of hydrazone groups is 1. The number of carbonyl (C=O) groups is 1. The molecular formula is C22H37N3O3. The van der Waals surface area contributed by atoms with Gasteiger partial charge in [0.05, 0.1) is 12.3 Å². The van der Waals surface area contributed by atoms with E-state index in [9.17, 15) is 9.90 Å². The predicted molar refractivity (Wildman–Crippen MR) is 115 cm³/mol. The average molecular weight is 392 g/mol. The predicted octanol–water partition coefficient (Wildman–Crippen LogP) is 5.47. The lowest BCUT2D eigenvalue weighted by atomic mass is 10.1. The highest BCUT2D eigenvalue weighted by Gasteiger charge is 2.09. The highest BCUT2D eigenvalue weighted by atomic mass is 16.5. The van der Waals surface area contributed by atoms with Crippen molar-refractivity contribution < 1.29 is 14.6 Å². The number of aromatic hydroxyl groups is 1. The van der Waals surface area contributed by atoms with Crippen LogP contribution >= 0.6 is 0 Å². The van der Waals surface area contributed by atoms with E-state index in [-0.39, 0.29) is 5.75 Å². The largest absolute Gasteiger partial charge is 0.507 e. The summed E-state index contributed by atoms with van der Waals surface area (Å²) in [7, 11) is 0. The maximum absolute atomic E-state index is 10.8. The zero-order chi connectivity index (χ0) is 20.6. The number of phenols is 1. The van der Waals surface area contributed by atoms with Crippen molar-refractivity contribution in [3.8, 4) is 11.5 Å². The number of nitrogens with one attached hydrogen (secondary N) is 1. The van der Waals surface area contributed by atoms with Crippen molar-refractivity contribution in [1.29, 1.82) is 0 Å². The molecule has 0 bridgehead atoms. The Kier molecular flexibility index (Phi) is 12.6. The number of benzene rings is 1. The maximum atomic E-state index is 10.8. The van der Waals surface area contributed by atoms with Gasteiger partial charge in [-0.3, -0.25) is 0 Å². The molecule has 0 aliphatic rings. The van der Waals surface area contributed by atoms with Crippen molar-refractivity contribution in [2.45, 2.75) is 84.5 Å². The smallest absolute Gasteiger partial charge is 0.332 e. The molecule has 0 aromatic heterocycles. The zero-order valence-electron chi connectivity index (χ0n) is 17.5. The first-order valence-corrected chi connectivity index (χ1v) is 10.7. The van der Waals surface area contributed by atoms with Crippen molar-refractivity contribution >= 4 is 11.7 Å². The fourth-order valence-electron chi connectivity index (χ4n) is 3.08. The van der Waals surface area contributed by atoms with E-state index < -0.39 is 6.03 Å². The van der Waals surface area contributed by atoms with E-state index in [2.05, 4.69) is 17.5 Å². The Morgan fingerprint density at radius 3 is 2.18 bits per heavy atom. The number of rotatable bonds is 15. The molecule has 28 heavy (non-hydrogen) atoms. The Balaban J connectivity index is 2.26. The molecule has 4 N–H and O–H groups in total. The first-order chi connectivity index (χ1) is 13.6. The SMILES string of the molecule is CCCCCCCCCCCCOc1ccc(/C(CC)=N/NC(N)=O)c(O)c1.